The second kappa shape index (κ2) is 5.84. The number of nitrogens with one attached hydrogen (secondary N) is 1. The molecule has 0 aromatic rings. The van der Waals surface area contributed by atoms with E-state index in [1.165, 1.54) is 0 Å². The van der Waals surface area contributed by atoms with Crippen molar-refractivity contribution in [1.82, 2.24) is 5.32 Å². The lowest BCUT2D eigenvalue weighted by Gasteiger charge is -2.29. The molecule has 0 aliphatic rings. The first-order valence-electron chi connectivity index (χ1n) is 5.47. The van der Waals surface area contributed by atoms with Crippen LogP contribution in [0.25, 0.3) is 0 Å². The van der Waals surface area contributed by atoms with Crippen LogP contribution in [-0.2, 0) is 9.59 Å². The van der Waals surface area contributed by atoms with E-state index >= 15 is 0 Å². The molecule has 4 N–H and O–H groups in total. The Kier molecular flexibility index (Phi) is 5.44. The van der Waals surface area contributed by atoms with Crippen molar-refractivity contribution in [3.05, 3.63) is 0 Å². The number of rotatable bonds is 5. The summed E-state index contributed by atoms with van der Waals surface area (Å²) in [5.74, 6) is -1.62. The van der Waals surface area contributed by atoms with E-state index in [1.807, 2.05) is 6.92 Å². The number of carboxylic acids is 1. The van der Waals surface area contributed by atoms with Gasteiger partial charge in [0.05, 0.1) is 0 Å². The molecular formula is C11H22N2O3. The summed E-state index contributed by atoms with van der Waals surface area (Å²) in [5, 5.41) is 11.6. The maximum atomic E-state index is 11.7. The fraction of sp³-hybridized carbons (Fsp3) is 0.818. The Morgan fingerprint density at radius 3 is 2.12 bits per heavy atom. The van der Waals surface area contributed by atoms with Gasteiger partial charge in [0, 0.05) is 12.5 Å². The van der Waals surface area contributed by atoms with Crippen LogP contribution in [0.1, 0.15) is 34.1 Å². The van der Waals surface area contributed by atoms with E-state index in [2.05, 4.69) is 5.32 Å². The predicted molar refractivity (Wildman–Crippen MR) is 61.9 cm³/mol. The molecule has 5 heteroatoms. The van der Waals surface area contributed by atoms with Gasteiger partial charge in [-0.2, -0.15) is 0 Å². The maximum absolute atomic E-state index is 11.7. The summed E-state index contributed by atoms with van der Waals surface area (Å²) in [6.07, 6.45) is 0.610. The van der Waals surface area contributed by atoms with Crippen LogP contribution < -0.4 is 11.1 Å². The lowest BCUT2D eigenvalue weighted by atomic mass is 9.86. The van der Waals surface area contributed by atoms with Gasteiger partial charge in [-0.3, -0.25) is 4.79 Å². The Morgan fingerprint density at radius 1 is 1.38 bits per heavy atom. The third kappa shape index (κ3) is 4.18. The topological polar surface area (TPSA) is 92.4 Å². The monoisotopic (exact) mass is 230 g/mol. The highest BCUT2D eigenvalue weighted by atomic mass is 16.4. The van der Waals surface area contributed by atoms with E-state index in [0.717, 1.165) is 0 Å². The molecule has 0 aliphatic carbocycles. The van der Waals surface area contributed by atoms with Crippen molar-refractivity contribution in [1.29, 1.82) is 0 Å². The van der Waals surface area contributed by atoms with Gasteiger partial charge < -0.3 is 16.2 Å². The van der Waals surface area contributed by atoms with Gasteiger partial charge in [0.25, 0.3) is 0 Å². The molecule has 0 bridgehead atoms. The van der Waals surface area contributed by atoms with Crippen molar-refractivity contribution in [3.63, 3.8) is 0 Å². The lowest BCUT2D eigenvalue weighted by Crippen LogP contribution is -2.51. The van der Waals surface area contributed by atoms with Crippen molar-refractivity contribution in [2.24, 2.45) is 17.1 Å². The highest BCUT2D eigenvalue weighted by Crippen LogP contribution is 2.20. The van der Waals surface area contributed by atoms with Gasteiger partial charge in [-0.05, 0) is 11.8 Å². The average molecular weight is 230 g/mol. The highest BCUT2D eigenvalue weighted by Gasteiger charge is 2.33. The minimum atomic E-state index is -1.02. The number of hydrogen-bond donors (Lipinski definition) is 3. The van der Waals surface area contributed by atoms with Crippen LogP contribution in [0.4, 0.5) is 0 Å². The fourth-order valence-electron chi connectivity index (χ4n) is 1.37. The van der Waals surface area contributed by atoms with Gasteiger partial charge in [-0.25, -0.2) is 4.79 Å². The number of hydrogen-bond acceptors (Lipinski definition) is 3. The largest absolute Gasteiger partial charge is 0.480 e. The Labute approximate surface area is 96.4 Å². The number of aliphatic carboxylic acids is 1. The van der Waals surface area contributed by atoms with E-state index in [0.29, 0.717) is 6.42 Å². The van der Waals surface area contributed by atoms with Crippen molar-refractivity contribution >= 4 is 11.9 Å². The van der Waals surface area contributed by atoms with Crippen molar-refractivity contribution in [2.45, 2.75) is 40.2 Å². The van der Waals surface area contributed by atoms with Gasteiger partial charge in [0.2, 0.25) is 5.91 Å². The van der Waals surface area contributed by atoms with E-state index in [1.54, 1.807) is 20.8 Å². The Bertz CT molecular complexity index is 254. The number of carbonyl (C=O) groups excluding carboxylic acids is 1. The second-order valence-electron chi connectivity index (χ2n) is 4.99. The summed E-state index contributed by atoms with van der Waals surface area (Å²) in [6, 6.07) is -0.888. The molecule has 1 amide bonds. The Balaban J connectivity index is 4.65. The molecule has 0 aromatic carbocycles. The quantitative estimate of drug-likeness (QED) is 0.644. The maximum Gasteiger partial charge on any atom is 0.326 e. The standard InChI is InChI=1S/C11H22N2O3/c1-5-7(6-12)9(14)13-8(10(15)16)11(2,3)4/h7-8H,5-6,12H2,1-4H3,(H,13,14)(H,15,16)/t7?,8-/m1/s1. The third-order valence-corrected chi connectivity index (χ3v) is 2.55. The molecule has 94 valence electrons. The molecular weight excluding hydrogens is 208 g/mol. The average Bonchev–Trinajstić information content (AvgIpc) is 2.13. The van der Waals surface area contributed by atoms with E-state index in [4.69, 9.17) is 10.8 Å². The molecule has 0 rings (SSSR count). The van der Waals surface area contributed by atoms with Crippen LogP contribution >= 0.6 is 0 Å². The summed E-state index contributed by atoms with van der Waals surface area (Å²) in [6.45, 7) is 7.41. The number of nitrogens with two attached hydrogens (primary N) is 1. The zero-order valence-electron chi connectivity index (χ0n) is 10.4. The first kappa shape index (κ1) is 14.9. The van der Waals surface area contributed by atoms with Crippen LogP contribution in [0.5, 0.6) is 0 Å². The van der Waals surface area contributed by atoms with Crippen molar-refractivity contribution in [2.75, 3.05) is 6.54 Å². The van der Waals surface area contributed by atoms with Gasteiger partial charge in [0.15, 0.2) is 0 Å². The van der Waals surface area contributed by atoms with Crippen molar-refractivity contribution in [3.8, 4) is 0 Å². The predicted octanol–water partition coefficient (Wildman–Crippen LogP) is 0.587. The third-order valence-electron chi connectivity index (χ3n) is 2.55. The van der Waals surface area contributed by atoms with Crippen LogP contribution in [-0.4, -0.2) is 29.6 Å². The highest BCUT2D eigenvalue weighted by molar-refractivity contribution is 5.85. The van der Waals surface area contributed by atoms with Gasteiger partial charge in [0.1, 0.15) is 6.04 Å². The molecule has 0 aromatic heterocycles. The fourth-order valence-corrected chi connectivity index (χ4v) is 1.37. The van der Waals surface area contributed by atoms with Crippen LogP contribution in [0, 0.1) is 11.3 Å². The van der Waals surface area contributed by atoms with Crippen molar-refractivity contribution < 1.29 is 14.7 Å². The van der Waals surface area contributed by atoms with Crippen LogP contribution in [0.15, 0.2) is 0 Å². The molecule has 0 fully saturated rings. The summed E-state index contributed by atoms with van der Waals surface area (Å²) < 4.78 is 0. The van der Waals surface area contributed by atoms with E-state index in [-0.39, 0.29) is 18.4 Å². The normalized spacial score (nSPS) is 15.3. The SMILES string of the molecule is CCC(CN)C(=O)N[C@H](C(=O)O)C(C)(C)C. The van der Waals surface area contributed by atoms with Crippen LogP contribution in [0.3, 0.4) is 0 Å². The van der Waals surface area contributed by atoms with E-state index < -0.39 is 17.4 Å². The molecule has 2 atom stereocenters. The van der Waals surface area contributed by atoms with Gasteiger partial charge in [-0.1, -0.05) is 27.7 Å². The first-order chi connectivity index (χ1) is 7.23. The molecule has 0 saturated carbocycles. The second-order valence-corrected chi connectivity index (χ2v) is 4.99. The molecule has 1 unspecified atom stereocenters. The van der Waals surface area contributed by atoms with Gasteiger partial charge in [-0.15, -0.1) is 0 Å². The number of amides is 1. The number of carbonyl (C=O) groups is 2. The molecule has 0 heterocycles. The lowest BCUT2D eigenvalue weighted by molar-refractivity contribution is -0.145. The first-order valence-corrected chi connectivity index (χ1v) is 5.47. The summed E-state index contributed by atoms with van der Waals surface area (Å²) >= 11 is 0. The summed E-state index contributed by atoms with van der Waals surface area (Å²) in [7, 11) is 0. The van der Waals surface area contributed by atoms with E-state index in [9.17, 15) is 9.59 Å². The molecule has 0 aliphatic heterocycles. The van der Waals surface area contributed by atoms with Gasteiger partial charge >= 0.3 is 5.97 Å². The summed E-state index contributed by atoms with van der Waals surface area (Å²) in [5.41, 5.74) is 4.92. The summed E-state index contributed by atoms with van der Waals surface area (Å²) in [4.78, 5) is 22.7. The molecule has 5 nitrogen and oxygen atoms in total. The zero-order chi connectivity index (χ0) is 12.9. The molecule has 16 heavy (non-hydrogen) atoms. The molecule has 0 radical (unpaired) electrons. The molecule has 0 spiro atoms. The Hall–Kier alpha value is -1.10. The van der Waals surface area contributed by atoms with Crippen LogP contribution in [0.2, 0.25) is 0 Å². The Morgan fingerprint density at radius 2 is 1.88 bits per heavy atom. The minimum Gasteiger partial charge on any atom is -0.480 e. The zero-order valence-corrected chi connectivity index (χ0v) is 10.4. The minimum absolute atomic E-state index is 0.235. The smallest absolute Gasteiger partial charge is 0.326 e. The number of carboxylic acid groups (broad SMARTS) is 1. The molecule has 0 saturated heterocycles.